The normalized spacial score (nSPS) is 11.3. The Morgan fingerprint density at radius 1 is 0.971 bits per heavy atom. The molecule has 178 valence electrons. The molecule has 0 saturated heterocycles. The number of hydrogen-bond acceptors (Lipinski definition) is 4. The van der Waals surface area contributed by atoms with E-state index in [1.54, 1.807) is 17.6 Å². The molecule has 6 nitrogen and oxygen atoms in total. The number of hydroxylamine groups is 1. The lowest BCUT2D eigenvalue weighted by molar-refractivity contribution is -0.129. The molecule has 2 amide bonds. The van der Waals surface area contributed by atoms with Gasteiger partial charge in [-0.15, -0.1) is 0 Å². The molecule has 0 fully saturated rings. The zero-order valence-electron chi connectivity index (χ0n) is 18.9. The highest BCUT2D eigenvalue weighted by Crippen LogP contribution is 2.25. The molecule has 3 rings (SSSR count). The van der Waals surface area contributed by atoms with E-state index < -0.39 is 5.91 Å². The van der Waals surface area contributed by atoms with Crippen molar-refractivity contribution in [2.75, 3.05) is 13.2 Å². The van der Waals surface area contributed by atoms with Crippen molar-refractivity contribution in [2.45, 2.75) is 32.1 Å². The fourth-order valence-electron chi connectivity index (χ4n) is 3.54. The molecule has 7 heteroatoms. The summed E-state index contributed by atoms with van der Waals surface area (Å²) in [6.07, 6.45) is 4.50. The van der Waals surface area contributed by atoms with Gasteiger partial charge in [-0.2, -0.15) is 0 Å². The summed E-state index contributed by atoms with van der Waals surface area (Å²) in [7, 11) is 0. The molecule has 0 saturated carbocycles. The van der Waals surface area contributed by atoms with E-state index in [2.05, 4.69) is 5.32 Å². The van der Waals surface area contributed by atoms with Gasteiger partial charge in [0, 0.05) is 18.4 Å². The van der Waals surface area contributed by atoms with Crippen LogP contribution in [0.15, 0.2) is 78.4 Å². The van der Waals surface area contributed by atoms with E-state index in [9.17, 15) is 14.0 Å². The summed E-state index contributed by atoms with van der Waals surface area (Å²) in [5.41, 5.74) is 3.05. The molecule has 0 bridgehead atoms. The minimum Gasteiger partial charge on any atom is -0.488 e. The molecule has 0 aliphatic carbocycles. The maximum atomic E-state index is 13.1. The number of fused-ring (bicyclic) bond motifs is 1. The van der Waals surface area contributed by atoms with Gasteiger partial charge in [0.05, 0.1) is 5.57 Å². The van der Waals surface area contributed by atoms with Crippen LogP contribution in [0.25, 0.3) is 10.8 Å². The van der Waals surface area contributed by atoms with Crippen LogP contribution in [-0.2, 0) is 16.0 Å². The Morgan fingerprint density at radius 2 is 1.74 bits per heavy atom. The first-order valence-electron chi connectivity index (χ1n) is 11.3. The van der Waals surface area contributed by atoms with Crippen LogP contribution in [0, 0.1) is 5.82 Å². The third-order valence-corrected chi connectivity index (χ3v) is 5.41. The standard InChI is InChI=1S/C27H29FN2O4/c28-23-15-13-20(14-16-23)17-18-29-27(32)22(8-2-1-3-12-26(31)30-33)19-34-25-11-6-9-21-7-4-5-10-24(21)25/h4-11,13-16,33H,1-3,12,17-19H2,(H,29,32)(H,30,31)/b22-8+. The maximum absolute atomic E-state index is 13.1. The Hall–Kier alpha value is -3.71. The first-order chi connectivity index (χ1) is 16.6. The lowest BCUT2D eigenvalue weighted by Crippen LogP contribution is -2.29. The summed E-state index contributed by atoms with van der Waals surface area (Å²) >= 11 is 0. The van der Waals surface area contributed by atoms with Crippen molar-refractivity contribution in [3.8, 4) is 5.75 Å². The number of carbonyl (C=O) groups is 2. The molecule has 0 unspecified atom stereocenters. The number of unbranched alkanes of at least 4 members (excludes halogenated alkanes) is 2. The maximum Gasteiger partial charge on any atom is 0.250 e. The second kappa shape index (κ2) is 13.1. The topological polar surface area (TPSA) is 87.7 Å². The van der Waals surface area contributed by atoms with Gasteiger partial charge in [0.25, 0.3) is 0 Å². The van der Waals surface area contributed by atoms with Crippen LogP contribution in [0.3, 0.4) is 0 Å². The zero-order valence-corrected chi connectivity index (χ0v) is 18.9. The molecular weight excluding hydrogens is 435 g/mol. The van der Waals surface area contributed by atoms with E-state index >= 15 is 0 Å². The van der Waals surface area contributed by atoms with Gasteiger partial charge in [-0.05, 0) is 54.8 Å². The number of nitrogens with one attached hydrogen (secondary N) is 2. The first kappa shape index (κ1) is 24.9. The van der Waals surface area contributed by atoms with Gasteiger partial charge < -0.3 is 10.1 Å². The SMILES string of the molecule is O=C(CCCC/C=C(\COc1cccc2ccccc12)C(=O)NCCc1ccc(F)cc1)NO. The molecule has 3 N–H and O–H groups in total. The van der Waals surface area contributed by atoms with Crippen LogP contribution < -0.4 is 15.5 Å². The first-order valence-corrected chi connectivity index (χ1v) is 11.3. The summed E-state index contributed by atoms with van der Waals surface area (Å²) in [5, 5.41) is 13.5. The summed E-state index contributed by atoms with van der Waals surface area (Å²) in [6.45, 7) is 0.514. The van der Waals surface area contributed by atoms with E-state index in [-0.39, 0.29) is 24.8 Å². The van der Waals surface area contributed by atoms with E-state index in [0.29, 0.717) is 43.6 Å². The van der Waals surface area contributed by atoms with E-state index in [0.717, 1.165) is 16.3 Å². The van der Waals surface area contributed by atoms with Gasteiger partial charge in [0.1, 0.15) is 18.2 Å². The molecule has 3 aromatic rings. The number of halogens is 1. The number of benzene rings is 3. The van der Waals surface area contributed by atoms with Crippen molar-refractivity contribution in [2.24, 2.45) is 0 Å². The second-order valence-electron chi connectivity index (χ2n) is 7.91. The fourth-order valence-corrected chi connectivity index (χ4v) is 3.54. The number of allylic oxidation sites excluding steroid dienone is 1. The fraction of sp³-hybridized carbons (Fsp3) is 0.259. The Morgan fingerprint density at radius 3 is 2.53 bits per heavy atom. The van der Waals surface area contributed by atoms with Crippen molar-refractivity contribution in [3.05, 3.63) is 89.8 Å². The summed E-state index contributed by atoms with van der Waals surface area (Å²) < 4.78 is 19.1. The molecule has 3 aromatic carbocycles. The average Bonchev–Trinajstić information content (AvgIpc) is 2.86. The minimum absolute atomic E-state index is 0.105. The highest BCUT2D eigenvalue weighted by Gasteiger charge is 2.11. The van der Waals surface area contributed by atoms with Crippen LogP contribution in [0.1, 0.15) is 31.2 Å². The van der Waals surface area contributed by atoms with Crippen LogP contribution in [-0.4, -0.2) is 30.2 Å². The van der Waals surface area contributed by atoms with Gasteiger partial charge in [0.2, 0.25) is 11.8 Å². The largest absolute Gasteiger partial charge is 0.488 e. The molecule has 0 heterocycles. The van der Waals surface area contributed by atoms with Crippen molar-refractivity contribution in [3.63, 3.8) is 0 Å². The Balaban J connectivity index is 1.61. The van der Waals surface area contributed by atoms with Crippen LogP contribution in [0.2, 0.25) is 0 Å². The predicted octanol–water partition coefficient (Wildman–Crippen LogP) is 4.71. The molecule has 0 atom stereocenters. The number of ether oxygens (including phenoxy) is 1. The monoisotopic (exact) mass is 464 g/mol. The summed E-state index contributed by atoms with van der Waals surface area (Å²) in [6, 6.07) is 19.9. The third kappa shape index (κ3) is 7.71. The van der Waals surface area contributed by atoms with Crippen molar-refractivity contribution in [1.82, 2.24) is 10.8 Å². The number of hydrogen-bond donors (Lipinski definition) is 3. The van der Waals surface area contributed by atoms with Crippen LogP contribution in [0.5, 0.6) is 5.75 Å². The van der Waals surface area contributed by atoms with Gasteiger partial charge in [-0.25, -0.2) is 9.87 Å². The Kier molecular flexibility index (Phi) is 9.61. The molecule has 0 spiro atoms. The number of rotatable bonds is 12. The quantitative estimate of drug-likeness (QED) is 0.157. The van der Waals surface area contributed by atoms with Crippen LogP contribution >= 0.6 is 0 Å². The predicted molar refractivity (Wildman–Crippen MR) is 129 cm³/mol. The van der Waals surface area contributed by atoms with Crippen molar-refractivity contribution in [1.29, 1.82) is 0 Å². The minimum atomic E-state index is -0.429. The smallest absolute Gasteiger partial charge is 0.250 e. The zero-order chi connectivity index (χ0) is 24.2. The number of amides is 2. The molecular formula is C27H29FN2O4. The van der Waals surface area contributed by atoms with Gasteiger partial charge >= 0.3 is 0 Å². The number of carbonyl (C=O) groups excluding carboxylic acids is 2. The van der Waals surface area contributed by atoms with Crippen molar-refractivity contribution >= 4 is 22.6 Å². The second-order valence-corrected chi connectivity index (χ2v) is 7.91. The Bertz CT molecular complexity index is 1120. The molecule has 0 aliphatic heterocycles. The lowest BCUT2D eigenvalue weighted by Gasteiger charge is -2.13. The lowest BCUT2D eigenvalue weighted by atomic mass is 10.1. The van der Waals surface area contributed by atoms with Gasteiger partial charge in [-0.1, -0.05) is 54.6 Å². The average molecular weight is 465 g/mol. The summed E-state index contributed by atoms with van der Waals surface area (Å²) in [5.74, 6) is -0.250. The highest BCUT2D eigenvalue weighted by molar-refractivity contribution is 5.94. The third-order valence-electron chi connectivity index (χ3n) is 5.41. The van der Waals surface area contributed by atoms with Gasteiger partial charge in [-0.3, -0.25) is 14.8 Å². The molecule has 0 aliphatic rings. The van der Waals surface area contributed by atoms with E-state index in [1.165, 1.54) is 12.1 Å². The molecule has 0 aromatic heterocycles. The molecule has 0 radical (unpaired) electrons. The van der Waals surface area contributed by atoms with E-state index in [1.807, 2.05) is 48.5 Å². The van der Waals surface area contributed by atoms with Crippen molar-refractivity contribution < 1.29 is 23.9 Å². The van der Waals surface area contributed by atoms with Gasteiger partial charge in [0.15, 0.2) is 0 Å². The molecule has 34 heavy (non-hydrogen) atoms. The van der Waals surface area contributed by atoms with Crippen LogP contribution in [0.4, 0.5) is 4.39 Å². The van der Waals surface area contributed by atoms with E-state index in [4.69, 9.17) is 9.94 Å². The summed E-state index contributed by atoms with van der Waals surface area (Å²) in [4.78, 5) is 24.0. The Labute approximate surface area is 198 Å². The highest BCUT2D eigenvalue weighted by atomic mass is 19.1.